The Morgan fingerprint density at radius 1 is 1.29 bits per heavy atom. The molecule has 0 spiro atoms. The molecule has 8 nitrogen and oxygen atoms in total. The molecule has 3 rings (SSSR count). The van der Waals surface area contributed by atoms with E-state index in [4.69, 9.17) is 14.5 Å². The number of hydrogen-bond acceptors (Lipinski definition) is 6. The van der Waals surface area contributed by atoms with E-state index < -0.39 is 0 Å². The Balaban J connectivity index is 1.94. The third kappa shape index (κ3) is 4.01. The van der Waals surface area contributed by atoms with Crippen LogP contribution in [0.3, 0.4) is 0 Å². The molecule has 1 amide bonds. The zero-order valence-electron chi connectivity index (χ0n) is 16.0. The molecule has 0 aliphatic heterocycles. The Labute approximate surface area is 162 Å². The molecule has 1 aromatic carbocycles. The lowest BCUT2D eigenvalue weighted by Gasteiger charge is -2.12. The van der Waals surface area contributed by atoms with Crippen LogP contribution in [-0.2, 0) is 14.3 Å². The van der Waals surface area contributed by atoms with Gasteiger partial charge in [-0.05, 0) is 31.0 Å². The molecule has 8 heteroatoms. The molecule has 0 bridgehead atoms. The van der Waals surface area contributed by atoms with Gasteiger partial charge in [0.05, 0.1) is 24.9 Å². The lowest BCUT2D eigenvalue weighted by Crippen LogP contribution is -2.22. The molecule has 0 saturated carbocycles. The Morgan fingerprint density at radius 2 is 2.11 bits per heavy atom. The van der Waals surface area contributed by atoms with Gasteiger partial charge in [-0.3, -0.25) is 4.79 Å². The van der Waals surface area contributed by atoms with Crippen molar-refractivity contribution >= 4 is 22.6 Å². The van der Waals surface area contributed by atoms with Gasteiger partial charge >= 0.3 is 0 Å². The number of nitrogens with one attached hydrogen (secondary N) is 1. The summed E-state index contributed by atoms with van der Waals surface area (Å²) in [5.74, 6) is 0.405. The molecule has 0 aliphatic rings. The number of benzene rings is 1. The Kier molecular flexibility index (Phi) is 5.99. The van der Waals surface area contributed by atoms with Gasteiger partial charge in [0, 0.05) is 12.5 Å². The standard InChI is InChI=1S/C20H21N5O3/c1-13-5-4-6-16-14(2)9-17(23-19(13)16)25-20(15(10-21)11-22-25)24-18(26)12-28-8-7-27-3/h4-6,9,11H,7-8,12H2,1-3H3,(H,24,26). The molecule has 2 aromatic heterocycles. The highest BCUT2D eigenvalue weighted by Gasteiger charge is 2.17. The van der Waals surface area contributed by atoms with E-state index >= 15 is 0 Å². The number of aryl methyl sites for hydroxylation is 2. The summed E-state index contributed by atoms with van der Waals surface area (Å²) in [5, 5.41) is 17.4. The minimum atomic E-state index is -0.386. The number of hydrogen-bond donors (Lipinski definition) is 1. The maximum atomic E-state index is 12.2. The summed E-state index contributed by atoms with van der Waals surface area (Å²) in [7, 11) is 1.56. The lowest BCUT2D eigenvalue weighted by atomic mass is 10.1. The Bertz CT molecular complexity index is 1050. The van der Waals surface area contributed by atoms with Crippen LogP contribution in [0.25, 0.3) is 16.7 Å². The molecular formula is C20H21N5O3. The number of methoxy groups -OCH3 is 1. The number of pyridine rings is 1. The summed E-state index contributed by atoms with van der Waals surface area (Å²) < 4.78 is 11.6. The topological polar surface area (TPSA) is 102 Å². The normalized spacial score (nSPS) is 10.8. The SMILES string of the molecule is COCCOCC(=O)Nc1c(C#N)cnn1-c1cc(C)c2cccc(C)c2n1. The van der Waals surface area contributed by atoms with Crippen molar-refractivity contribution in [3.05, 3.63) is 47.2 Å². The minimum absolute atomic E-state index is 0.150. The van der Waals surface area contributed by atoms with E-state index in [9.17, 15) is 10.1 Å². The first-order valence-corrected chi connectivity index (χ1v) is 8.77. The monoisotopic (exact) mass is 379 g/mol. The molecule has 0 fully saturated rings. The Morgan fingerprint density at radius 3 is 2.86 bits per heavy atom. The largest absolute Gasteiger partial charge is 0.382 e. The van der Waals surface area contributed by atoms with Crippen molar-refractivity contribution in [1.82, 2.24) is 14.8 Å². The van der Waals surface area contributed by atoms with E-state index in [0.717, 1.165) is 22.0 Å². The summed E-state index contributed by atoms with van der Waals surface area (Å²) in [5.41, 5.74) is 3.16. The van der Waals surface area contributed by atoms with Crippen molar-refractivity contribution in [3.63, 3.8) is 0 Å². The highest BCUT2D eigenvalue weighted by atomic mass is 16.5. The van der Waals surface area contributed by atoms with Crippen molar-refractivity contribution < 1.29 is 14.3 Å². The first kappa shape index (κ1) is 19.5. The first-order chi connectivity index (χ1) is 13.5. The zero-order valence-corrected chi connectivity index (χ0v) is 16.0. The van der Waals surface area contributed by atoms with Gasteiger partial charge in [-0.2, -0.15) is 15.0 Å². The van der Waals surface area contributed by atoms with Crippen LogP contribution in [0, 0.1) is 25.2 Å². The van der Waals surface area contributed by atoms with Gasteiger partial charge in [-0.25, -0.2) is 4.98 Å². The number of carbonyl (C=O) groups excluding carboxylic acids is 1. The average molecular weight is 379 g/mol. The van der Waals surface area contributed by atoms with Crippen LogP contribution < -0.4 is 5.32 Å². The summed E-state index contributed by atoms with van der Waals surface area (Å²) in [6.07, 6.45) is 1.40. The average Bonchev–Trinajstić information content (AvgIpc) is 3.08. The number of para-hydroxylation sites is 1. The summed E-state index contributed by atoms with van der Waals surface area (Å²) >= 11 is 0. The second-order valence-electron chi connectivity index (χ2n) is 6.29. The van der Waals surface area contributed by atoms with Crippen molar-refractivity contribution in [2.75, 3.05) is 32.2 Å². The number of ether oxygens (including phenoxy) is 2. The number of rotatable bonds is 7. The quantitative estimate of drug-likeness (QED) is 0.633. The number of aromatic nitrogens is 3. The number of carbonyl (C=O) groups is 1. The number of amides is 1. The smallest absolute Gasteiger partial charge is 0.251 e. The summed E-state index contributed by atoms with van der Waals surface area (Å²) in [6, 6.07) is 9.91. The highest BCUT2D eigenvalue weighted by molar-refractivity contribution is 5.92. The third-order valence-corrected chi connectivity index (χ3v) is 4.26. The van der Waals surface area contributed by atoms with Crippen LogP contribution in [-0.4, -0.2) is 47.6 Å². The van der Waals surface area contributed by atoms with Crippen LogP contribution in [0.1, 0.15) is 16.7 Å². The van der Waals surface area contributed by atoms with E-state index in [1.165, 1.54) is 10.9 Å². The molecule has 0 unspecified atom stereocenters. The van der Waals surface area contributed by atoms with Gasteiger partial charge < -0.3 is 14.8 Å². The summed E-state index contributed by atoms with van der Waals surface area (Å²) in [6.45, 7) is 4.53. The van der Waals surface area contributed by atoms with Gasteiger partial charge in [0.2, 0.25) is 0 Å². The predicted molar refractivity (Wildman–Crippen MR) is 104 cm³/mol. The van der Waals surface area contributed by atoms with E-state index in [1.807, 2.05) is 44.2 Å². The fourth-order valence-electron chi connectivity index (χ4n) is 2.85. The van der Waals surface area contributed by atoms with Gasteiger partial charge in [0.1, 0.15) is 18.2 Å². The van der Waals surface area contributed by atoms with Gasteiger partial charge in [-0.1, -0.05) is 18.2 Å². The molecule has 2 heterocycles. The molecule has 3 aromatic rings. The van der Waals surface area contributed by atoms with E-state index in [0.29, 0.717) is 19.0 Å². The first-order valence-electron chi connectivity index (χ1n) is 8.77. The van der Waals surface area contributed by atoms with Crippen molar-refractivity contribution in [2.24, 2.45) is 0 Å². The van der Waals surface area contributed by atoms with Crippen LogP contribution in [0.2, 0.25) is 0 Å². The molecule has 0 saturated heterocycles. The van der Waals surface area contributed by atoms with Crippen molar-refractivity contribution in [2.45, 2.75) is 13.8 Å². The van der Waals surface area contributed by atoms with Crippen LogP contribution in [0.15, 0.2) is 30.5 Å². The van der Waals surface area contributed by atoms with Crippen LogP contribution in [0.5, 0.6) is 0 Å². The highest BCUT2D eigenvalue weighted by Crippen LogP contribution is 2.25. The molecule has 0 atom stereocenters. The van der Waals surface area contributed by atoms with Gasteiger partial charge in [0.15, 0.2) is 11.6 Å². The zero-order chi connectivity index (χ0) is 20.1. The van der Waals surface area contributed by atoms with E-state index in [2.05, 4.69) is 10.4 Å². The van der Waals surface area contributed by atoms with Crippen LogP contribution in [0.4, 0.5) is 5.82 Å². The fraction of sp³-hybridized carbons (Fsp3) is 0.300. The van der Waals surface area contributed by atoms with Gasteiger partial charge in [-0.15, -0.1) is 0 Å². The molecule has 0 radical (unpaired) electrons. The van der Waals surface area contributed by atoms with Crippen LogP contribution >= 0.6 is 0 Å². The maximum Gasteiger partial charge on any atom is 0.251 e. The van der Waals surface area contributed by atoms with E-state index in [1.54, 1.807) is 7.11 Å². The molecule has 1 N–H and O–H groups in total. The second-order valence-corrected chi connectivity index (χ2v) is 6.29. The number of fused-ring (bicyclic) bond motifs is 1. The molecular weight excluding hydrogens is 358 g/mol. The van der Waals surface area contributed by atoms with Crippen molar-refractivity contribution in [1.29, 1.82) is 5.26 Å². The fourth-order valence-corrected chi connectivity index (χ4v) is 2.85. The van der Waals surface area contributed by atoms with Crippen molar-refractivity contribution in [3.8, 4) is 11.9 Å². The number of anilines is 1. The molecule has 0 aliphatic carbocycles. The number of nitrogens with zero attached hydrogens (tertiary/aromatic N) is 4. The minimum Gasteiger partial charge on any atom is -0.382 e. The molecule has 144 valence electrons. The lowest BCUT2D eigenvalue weighted by molar-refractivity contribution is -0.121. The second kappa shape index (κ2) is 8.61. The summed E-state index contributed by atoms with van der Waals surface area (Å²) in [4.78, 5) is 16.9. The predicted octanol–water partition coefficient (Wildman–Crippen LogP) is 2.51. The van der Waals surface area contributed by atoms with E-state index in [-0.39, 0.29) is 23.9 Å². The number of nitriles is 1. The maximum absolute atomic E-state index is 12.2. The van der Waals surface area contributed by atoms with Gasteiger partial charge in [0.25, 0.3) is 5.91 Å². The third-order valence-electron chi connectivity index (χ3n) is 4.26. The molecule has 28 heavy (non-hydrogen) atoms. The Hall–Kier alpha value is -3.28.